The van der Waals surface area contributed by atoms with Crippen molar-refractivity contribution in [1.82, 2.24) is 4.90 Å². The molecule has 0 bridgehead atoms. The molecule has 0 heterocycles. The van der Waals surface area contributed by atoms with Crippen molar-refractivity contribution in [2.45, 2.75) is 39.8 Å². The van der Waals surface area contributed by atoms with Gasteiger partial charge in [0.05, 0.1) is 0 Å². The second-order valence-corrected chi connectivity index (χ2v) is 5.96. The molecular formula is C20H28N2. The van der Waals surface area contributed by atoms with E-state index < -0.39 is 0 Å². The highest BCUT2D eigenvalue weighted by Gasteiger charge is 2.16. The standard InChI is InChI=1S/C20H28N2/c1-5-13-22(15-18-9-7-6-8-10-18)17(3)19-12-11-16(2)20(14-19)21-4/h6-12,14,17,21H,5,13,15H2,1-4H3/t17-/m1/s1. The molecule has 2 nitrogen and oxygen atoms in total. The molecule has 0 amide bonds. The van der Waals surface area contributed by atoms with Crippen LogP contribution >= 0.6 is 0 Å². The van der Waals surface area contributed by atoms with Gasteiger partial charge in [0, 0.05) is 25.3 Å². The third-order valence-electron chi connectivity index (χ3n) is 4.30. The fourth-order valence-corrected chi connectivity index (χ4v) is 2.89. The molecule has 0 saturated heterocycles. The average Bonchev–Trinajstić information content (AvgIpc) is 2.55. The van der Waals surface area contributed by atoms with Crippen LogP contribution in [0.25, 0.3) is 0 Å². The Balaban J connectivity index is 2.20. The molecule has 22 heavy (non-hydrogen) atoms. The van der Waals surface area contributed by atoms with Crippen molar-refractivity contribution in [2.75, 3.05) is 18.9 Å². The number of nitrogens with one attached hydrogen (secondary N) is 1. The fraction of sp³-hybridized carbons (Fsp3) is 0.400. The summed E-state index contributed by atoms with van der Waals surface area (Å²) in [6.07, 6.45) is 1.17. The van der Waals surface area contributed by atoms with Gasteiger partial charge in [0.2, 0.25) is 0 Å². The first-order valence-corrected chi connectivity index (χ1v) is 8.22. The Morgan fingerprint density at radius 1 is 1.09 bits per heavy atom. The monoisotopic (exact) mass is 296 g/mol. The quantitative estimate of drug-likeness (QED) is 0.772. The van der Waals surface area contributed by atoms with Crippen LogP contribution in [0, 0.1) is 6.92 Å². The lowest BCUT2D eigenvalue weighted by Gasteiger charge is -2.29. The van der Waals surface area contributed by atoms with E-state index in [9.17, 15) is 0 Å². The predicted molar refractivity (Wildman–Crippen MR) is 96.3 cm³/mol. The first-order valence-electron chi connectivity index (χ1n) is 8.22. The molecule has 118 valence electrons. The number of nitrogens with zero attached hydrogens (tertiary/aromatic N) is 1. The summed E-state index contributed by atoms with van der Waals surface area (Å²) in [5.74, 6) is 0. The Morgan fingerprint density at radius 2 is 1.82 bits per heavy atom. The van der Waals surface area contributed by atoms with E-state index in [0.717, 1.165) is 13.1 Å². The number of hydrogen-bond donors (Lipinski definition) is 1. The number of benzene rings is 2. The smallest absolute Gasteiger partial charge is 0.0370 e. The van der Waals surface area contributed by atoms with Crippen molar-refractivity contribution < 1.29 is 0 Å². The van der Waals surface area contributed by atoms with E-state index in [1.165, 1.54) is 28.8 Å². The van der Waals surface area contributed by atoms with Crippen LogP contribution in [-0.4, -0.2) is 18.5 Å². The first-order chi connectivity index (χ1) is 10.7. The molecule has 0 spiro atoms. The average molecular weight is 296 g/mol. The summed E-state index contributed by atoms with van der Waals surface area (Å²) in [5.41, 5.74) is 5.27. The van der Waals surface area contributed by atoms with Crippen molar-refractivity contribution >= 4 is 5.69 Å². The Bertz CT molecular complexity index is 578. The molecule has 0 aliphatic heterocycles. The zero-order chi connectivity index (χ0) is 15.9. The van der Waals surface area contributed by atoms with Crippen molar-refractivity contribution in [3.05, 3.63) is 65.2 Å². The summed E-state index contributed by atoms with van der Waals surface area (Å²) in [4.78, 5) is 2.56. The molecule has 2 rings (SSSR count). The summed E-state index contributed by atoms with van der Waals surface area (Å²) in [6, 6.07) is 17.9. The number of anilines is 1. The van der Waals surface area contributed by atoms with Crippen LogP contribution in [0.15, 0.2) is 48.5 Å². The molecule has 0 aliphatic rings. The Morgan fingerprint density at radius 3 is 2.45 bits per heavy atom. The normalized spacial score (nSPS) is 12.4. The van der Waals surface area contributed by atoms with E-state index >= 15 is 0 Å². The lowest BCUT2D eigenvalue weighted by molar-refractivity contribution is 0.202. The summed E-state index contributed by atoms with van der Waals surface area (Å²) in [7, 11) is 1.99. The van der Waals surface area contributed by atoms with Gasteiger partial charge < -0.3 is 5.32 Å². The maximum Gasteiger partial charge on any atom is 0.0370 e. The predicted octanol–water partition coefficient (Wildman–Crippen LogP) is 5.01. The minimum atomic E-state index is 0.410. The van der Waals surface area contributed by atoms with Gasteiger partial charge in [-0.25, -0.2) is 0 Å². The molecule has 0 aliphatic carbocycles. The van der Waals surface area contributed by atoms with Crippen LogP contribution in [0.1, 0.15) is 43.0 Å². The largest absolute Gasteiger partial charge is 0.388 e. The first kappa shape index (κ1) is 16.6. The molecule has 2 aromatic rings. The van der Waals surface area contributed by atoms with Gasteiger partial charge in [0.1, 0.15) is 0 Å². The van der Waals surface area contributed by atoms with E-state index in [-0.39, 0.29) is 0 Å². The zero-order valence-corrected chi connectivity index (χ0v) is 14.3. The fourth-order valence-electron chi connectivity index (χ4n) is 2.89. The Hall–Kier alpha value is -1.80. The summed E-state index contributed by atoms with van der Waals surface area (Å²) in [6.45, 7) is 8.81. The topological polar surface area (TPSA) is 15.3 Å². The second kappa shape index (κ2) is 8.00. The van der Waals surface area contributed by atoms with E-state index in [1.54, 1.807) is 0 Å². The Labute approximate surface area is 135 Å². The van der Waals surface area contributed by atoms with E-state index in [0.29, 0.717) is 6.04 Å². The van der Waals surface area contributed by atoms with Crippen LogP contribution in [0.4, 0.5) is 5.69 Å². The van der Waals surface area contributed by atoms with Gasteiger partial charge in [-0.2, -0.15) is 0 Å². The van der Waals surface area contributed by atoms with Crippen LogP contribution in [0.2, 0.25) is 0 Å². The maximum atomic E-state index is 3.29. The van der Waals surface area contributed by atoms with Gasteiger partial charge in [0.25, 0.3) is 0 Å². The summed E-state index contributed by atoms with van der Waals surface area (Å²) in [5, 5.41) is 3.29. The SMILES string of the molecule is CCCN(Cc1ccccc1)[C@H](C)c1ccc(C)c(NC)c1. The molecule has 0 unspecified atom stereocenters. The third-order valence-corrected chi connectivity index (χ3v) is 4.30. The molecule has 1 N–H and O–H groups in total. The van der Waals surface area contributed by atoms with Crippen LogP contribution in [0.3, 0.4) is 0 Å². The lowest BCUT2D eigenvalue weighted by Crippen LogP contribution is -2.27. The van der Waals surface area contributed by atoms with E-state index in [1.807, 2.05) is 7.05 Å². The van der Waals surface area contributed by atoms with E-state index in [4.69, 9.17) is 0 Å². The van der Waals surface area contributed by atoms with Crippen molar-refractivity contribution in [1.29, 1.82) is 0 Å². The second-order valence-electron chi connectivity index (χ2n) is 5.96. The zero-order valence-electron chi connectivity index (χ0n) is 14.3. The molecule has 2 heteroatoms. The molecular weight excluding hydrogens is 268 g/mol. The van der Waals surface area contributed by atoms with Gasteiger partial charge >= 0.3 is 0 Å². The maximum absolute atomic E-state index is 3.29. The highest BCUT2D eigenvalue weighted by Crippen LogP contribution is 2.26. The van der Waals surface area contributed by atoms with Gasteiger partial charge in [-0.3, -0.25) is 4.90 Å². The number of aryl methyl sites for hydroxylation is 1. The van der Waals surface area contributed by atoms with Crippen LogP contribution in [0.5, 0.6) is 0 Å². The minimum absolute atomic E-state index is 0.410. The minimum Gasteiger partial charge on any atom is -0.388 e. The molecule has 0 fully saturated rings. The van der Waals surface area contributed by atoms with Crippen LogP contribution in [-0.2, 0) is 6.54 Å². The molecule has 0 saturated carbocycles. The number of hydrogen-bond acceptors (Lipinski definition) is 2. The van der Waals surface area contributed by atoms with Crippen molar-refractivity contribution in [3.8, 4) is 0 Å². The van der Waals surface area contributed by atoms with Crippen molar-refractivity contribution in [3.63, 3.8) is 0 Å². The highest BCUT2D eigenvalue weighted by atomic mass is 15.1. The number of rotatable bonds is 7. The van der Waals surface area contributed by atoms with E-state index in [2.05, 4.69) is 79.5 Å². The van der Waals surface area contributed by atoms with Crippen LogP contribution < -0.4 is 5.32 Å². The van der Waals surface area contributed by atoms with Crippen molar-refractivity contribution in [2.24, 2.45) is 0 Å². The lowest BCUT2D eigenvalue weighted by atomic mass is 10.0. The van der Waals surface area contributed by atoms with Gasteiger partial charge in [-0.15, -0.1) is 0 Å². The summed E-state index contributed by atoms with van der Waals surface area (Å²) >= 11 is 0. The highest BCUT2D eigenvalue weighted by molar-refractivity contribution is 5.52. The molecule has 0 aromatic heterocycles. The molecule has 2 aromatic carbocycles. The molecule has 0 radical (unpaired) electrons. The Kier molecular flexibility index (Phi) is 6.02. The summed E-state index contributed by atoms with van der Waals surface area (Å²) < 4.78 is 0. The van der Waals surface area contributed by atoms with Gasteiger partial charge in [-0.05, 0) is 49.6 Å². The van der Waals surface area contributed by atoms with Gasteiger partial charge in [-0.1, -0.05) is 49.4 Å². The molecule has 1 atom stereocenters. The third kappa shape index (κ3) is 4.11. The van der Waals surface area contributed by atoms with Gasteiger partial charge in [0.15, 0.2) is 0 Å².